The molecular formula is C14H10N2O4S2. The van der Waals surface area contributed by atoms with E-state index in [9.17, 15) is 14.7 Å². The van der Waals surface area contributed by atoms with Gasteiger partial charge >= 0.3 is 5.97 Å². The number of fused-ring (bicyclic) bond motifs is 1. The first-order chi connectivity index (χ1) is 10.5. The van der Waals surface area contributed by atoms with Crippen molar-refractivity contribution >= 4 is 41.0 Å². The fraction of sp³-hybridized carbons (Fsp3) is 0.143. The lowest BCUT2D eigenvalue weighted by molar-refractivity contribution is -0.137. The average Bonchev–Trinajstić information content (AvgIpc) is 2.93. The Morgan fingerprint density at radius 1 is 1.36 bits per heavy atom. The number of aromatic nitrogens is 1. The number of benzene rings is 1. The topological polar surface area (TPSA) is 91.9 Å². The van der Waals surface area contributed by atoms with Gasteiger partial charge in [-0.25, -0.2) is 4.99 Å². The van der Waals surface area contributed by atoms with Crippen LogP contribution in [0.3, 0.4) is 0 Å². The number of aromatic hydroxyl groups is 1. The van der Waals surface area contributed by atoms with Crippen molar-refractivity contribution in [2.45, 2.75) is 13.0 Å². The molecule has 112 valence electrons. The fourth-order valence-corrected chi connectivity index (χ4v) is 3.64. The SMILES string of the molecule is O=C(O)CCn1c(O)c(C2=c3ccccc3=NC2=O)sc1=S. The van der Waals surface area contributed by atoms with E-state index in [0.29, 0.717) is 25.0 Å². The standard InChI is InChI=1S/C14H10N2O4S2/c17-9(18)5-6-16-13(20)11(22-14(16)21)10-7-3-1-2-4-8(7)15-12(10)19/h1-4,20H,5-6H2,(H,17,18). The molecule has 0 saturated carbocycles. The zero-order chi connectivity index (χ0) is 15.9. The molecule has 1 aliphatic heterocycles. The molecule has 6 nitrogen and oxygen atoms in total. The van der Waals surface area contributed by atoms with Gasteiger partial charge in [0.2, 0.25) is 5.88 Å². The first-order valence-corrected chi connectivity index (χ1v) is 7.58. The second-order valence-electron chi connectivity index (χ2n) is 4.63. The molecule has 8 heteroatoms. The summed E-state index contributed by atoms with van der Waals surface area (Å²) in [4.78, 5) is 27.1. The summed E-state index contributed by atoms with van der Waals surface area (Å²) < 4.78 is 1.64. The third-order valence-corrected chi connectivity index (χ3v) is 4.71. The summed E-state index contributed by atoms with van der Waals surface area (Å²) >= 11 is 6.23. The van der Waals surface area contributed by atoms with Crippen LogP contribution >= 0.6 is 23.6 Å². The van der Waals surface area contributed by atoms with E-state index >= 15 is 0 Å². The van der Waals surface area contributed by atoms with Crippen LogP contribution in [-0.4, -0.2) is 26.7 Å². The van der Waals surface area contributed by atoms with Crippen molar-refractivity contribution in [3.63, 3.8) is 0 Å². The van der Waals surface area contributed by atoms with Gasteiger partial charge in [-0.05, 0) is 18.3 Å². The zero-order valence-corrected chi connectivity index (χ0v) is 12.8. The number of rotatable bonds is 4. The maximum Gasteiger partial charge on any atom is 0.305 e. The average molecular weight is 334 g/mol. The molecule has 3 rings (SSSR count). The molecule has 0 spiro atoms. The van der Waals surface area contributed by atoms with Gasteiger partial charge in [0.25, 0.3) is 5.91 Å². The van der Waals surface area contributed by atoms with Gasteiger partial charge in [0.05, 0.1) is 17.4 Å². The molecule has 2 aromatic rings. The van der Waals surface area contributed by atoms with Gasteiger partial charge in [-0.15, -0.1) is 11.3 Å². The van der Waals surface area contributed by atoms with Crippen molar-refractivity contribution in [1.82, 2.24) is 4.57 Å². The summed E-state index contributed by atoms with van der Waals surface area (Å²) in [6.07, 6.45) is -0.164. The minimum absolute atomic E-state index is 0.0523. The lowest BCUT2D eigenvalue weighted by atomic mass is 10.1. The maximum absolute atomic E-state index is 12.1. The van der Waals surface area contributed by atoms with Crippen molar-refractivity contribution in [3.8, 4) is 5.88 Å². The Labute approximate surface area is 133 Å². The summed E-state index contributed by atoms with van der Waals surface area (Å²) in [5, 5.41) is 20.3. The molecule has 2 N–H and O–H groups in total. The normalized spacial score (nSPS) is 13.1. The third-order valence-electron chi connectivity index (χ3n) is 3.25. The second kappa shape index (κ2) is 5.47. The Bertz CT molecular complexity index is 971. The van der Waals surface area contributed by atoms with Crippen molar-refractivity contribution < 1.29 is 19.8 Å². The number of thiazole rings is 1. The van der Waals surface area contributed by atoms with Gasteiger partial charge in [0.1, 0.15) is 4.88 Å². The number of nitrogens with zero attached hydrogens (tertiary/aromatic N) is 2. The molecule has 22 heavy (non-hydrogen) atoms. The Morgan fingerprint density at radius 3 is 2.82 bits per heavy atom. The van der Waals surface area contributed by atoms with E-state index in [1.807, 2.05) is 0 Å². The monoisotopic (exact) mass is 334 g/mol. The number of hydrogen-bond acceptors (Lipinski definition) is 5. The molecule has 1 aliphatic rings. The largest absolute Gasteiger partial charge is 0.493 e. The van der Waals surface area contributed by atoms with Crippen LogP contribution in [0.2, 0.25) is 0 Å². The van der Waals surface area contributed by atoms with E-state index in [0.717, 1.165) is 11.3 Å². The Hall–Kier alpha value is -2.32. The highest BCUT2D eigenvalue weighted by Gasteiger charge is 2.25. The zero-order valence-electron chi connectivity index (χ0n) is 11.1. The number of carbonyl (C=O) groups is 2. The van der Waals surface area contributed by atoms with Crippen LogP contribution in [-0.2, 0) is 16.1 Å². The number of carbonyl (C=O) groups excluding carboxylic acids is 1. The molecule has 1 aromatic heterocycles. The predicted octanol–water partition coefficient (Wildman–Crippen LogP) is 0.818. The molecule has 1 aromatic carbocycles. The molecule has 1 amide bonds. The number of aliphatic carboxylic acids is 1. The summed E-state index contributed by atoms with van der Waals surface area (Å²) in [6, 6.07) is 7.03. The van der Waals surface area contributed by atoms with E-state index in [1.165, 1.54) is 4.57 Å². The second-order valence-corrected chi connectivity index (χ2v) is 6.27. The van der Waals surface area contributed by atoms with Gasteiger partial charge in [0, 0.05) is 11.8 Å². The van der Waals surface area contributed by atoms with E-state index in [-0.39, 0.29) is 18.8 Å². The van der Waals surface area contributed by atoms with Crippen LogP contribution in [0.4, 0.5) is 0 Å². The summed E-state index contributed by atoms with van der Waals surface area (Å²) in [5.41, 5.74) is 0.304. The quantitative estimate of drug-likeness (QED) is 0.808. The van der Waals surface area contributed by atoms with Gasteiger partial charge in [-0.2, -0.15) is 0 Å². The van der Waals surface area contributed by atoms with Crippen LogP contribution in [0.1, 0.15) is 11.3 Å². The van der Waals surface area contributed by atoms with Crippen LogP contribution < -0.4 is 10.6 Å². The van der Waals surface area contributed by atoms with Crippen molar-refractivity contribution in [2.24, 2.45) is 4.99 Å². The third kappa shape index (κ3) is 2.36. The number of carboxylic acids is 1. The maximum atomic E-state index is 12.1. The Morgan fingerprint density at radius 2 is 2.09 bits per heavy atom. The van der Waals surface area contributed by atoms with E-state index in [4.69, 9.17) is 17.3 Å². The lowest BCUT2D eigenvalue weighted by Crippen LogP contribution is -2.22. The van der Waals surface area contributed by atoms with Gasteiger partial charge < -0.3 is 10.2 Å². The van der Waals surface area contributed by atoms with Crippen molar-refractivity contribution in [1.29, 1.82) is 0 Å². The summed E-state index contributed by atoms with van der Waals surface area (Å²) in [7, 11) is 0. The van der Waals surface area contributed by atoms with E-state index < -0.39 is 11.9 Å². The predicted molar refractivity (Wildman–Crippen MR) is 81.8 cm³/mol. The summed E-state index contributed by atoms with van der Waals surface area (Å²) in [6.45, 7) is 0.0523. The number of carboxylic acid groups (broad SMARTS) is 1. The van der Waals surface area contributed by atoms with Crippen LogP contribution in [0.15, 0.2) is 29.3 Å². The van der Waals surface area contributed by atoms with Gasteiger partial charge in [-0.1, -0.05) is 18.2 Å². The fourth-order valence-electron chi connectivity index (χ4n) is 2.25. The molecular weight excluding hydrogens is 324 g/mol. The smallest absolute Gasteiger partial charge is 0.305 e. The molecule has 0 saturated heterocycles. The molecule has 0 bridgehead atoms. The van der Waals surface area contributed by atoms with Crippen molar-refractivity contribution in [3.05, 3.63) is 43.7 Å². The minimum Gasteiger partial charge on any atom is -0.493 e. The molecule has 0 atom stereocenters. The number of para-hydroxylation sites is 1. The Kier molecular flexibility index (Phi) is 3.63. The lowest BCUT2D eigenvalue weighted by Gasteiger charge is -2.03. The highest BCUT2D eigenvalue weighted by atomic mass is 32.1. The first kappa shape index (κ1) is 14.6. The van der Waals surface area contributed by atoms with Crippen molar-refractivity contribution in [2.75, 3.05) is 0 Å². The highest BCUT2D eigenvalue weighted by molar-refractivity contribution is 7.73. The van der Waals surface area contributed by atoms with E-state index in [1.54, 1.807) is 24.3 Å². The summed E-state index contributed by atoms with van der Waals surface area (Å²) in [5.74, 6) is -1.61. The number of amides is 1. The Balaban J connectivity index is 2.18. The molecule has 0 fully saturated rings. The molecule has 0 unspecified atom stereocenters. The van der Waals surface area contributed by atoms with Gasteiger partial charge in [-0.3, -0.25) is 14.2 Å². The highest BCUT2D eigenvalue weighted by Crippen LogP contribution is 2.32. The molecule has 0 aliphatic carbocycles. The molecule has 2 heterocycles. The minimum atomic E-state index is -0.987. The van der Waals surface area contributed by atoms with E-state index in [2.05, 4.69) is 4.99 Å². The van der Waals surface area contributed by atoms with Crippen LogP contribution in [0.5, 0.6) is 5.88 Å². The number of hydrogen-bond donors (Lipinski definition) is 2. The van der Waals surface area contributed by atoms with Crippen LogP contribution in [0.25, 0.3) is 5.57 Å². The van der Waals surface area contributed by atoms with Gasteiger partial charge in [0.15, 0.2) is 3.95 Å². The molecule has 0 radical (unpaired) electrons. The van der Waals surface area contributed by atoms with Crippen LogP contribution in [0, 0.1) is 3.95 Å². The first-order valence-electron chi connectivity index (χ1n) is 6.36.